The highest BCUT2D eigenvalue weighted by Gasteiger charge is 2.45. The molecule has 2 heterocycles. The van der Waals surface area contributed by atoms with Gasteiger partial charge in [0, 0.05) is 24.0 Å². The molecule has 1 aliphatic rings. The van der Waals surface area contributed by atoms with E-state index in [1.54, 1.807) is 16.2 Å². The van der Waals surface area contributed by atoms with E-state index in [4.69, 9.17) is 0 Å². The third kappa shape index (κ3) is 1.51. The number of carbonyl (C=O) groups excluding carboxylic acids is 1. The van der Waals surface area contributed by atoms with E-state index < -0.39 is 5.41 Å². The van der Waals surface area contributed by atoms with E-state index in [0.717, 1.165) is 17.7 Å². The van der Waals surface area contributed by atoms with Gasteiger partial charge in [0.15, 0.2) is 0 Å². The molecule has 1 aromatic heterocycles. The lowest BCUT2D eigenvalue weighted by atomic mass is 9.80. The molecule has 0 radical (unpaired) electrons. The average Bonchev–Trinajstić information content (AvgIpc) is 2.94. The predicted octanol–water partition coefficient (Wildman–Crippen LogP) is 3.22. The highest BCUT2D eigenvalue weighted by molar-refractivity contribution is 7.09. The van der Waals surface area contributed by atoms with Crippen LogP contribution in [0.15, 0.2) is 41.8 Å². The smallest absolute Gasteiger partial charge is 0.237 e. The average molecular weight is 257 g/mol. The third-order valence-electron chi connectivity index (χ3n) is 3.74. The van der Waals surface area contributed by atoms with Crippen molar-refractivity contribution in [2.45, 2.75) is 18.8 Å². The van der Waals surface area contributed by atoms with Gasteiger partial charge in [-0.2, -0.15) is 0 Å². The van der Waals surface area contributed by atoms with Gasteiger partial charge in [0.25, 0.3) is 0 Å². The molecule has 1 amide bonds. The highest BCUT2D eigenvalue weighted by atomic mass is 32.1. The number of fused-ring (bicyclic) bond motifs is 1. The zero-order chi connectivity index (χ0) is 12.8. The van der Waals surface area contributed by atoms with Crippen LogP contribution in [0.3, 0.4) is 0 Å². The Bertz CT molecular complexity index is 590. The van der Waals surface area contributed by atoms with Crippen molar-refractivity contribution in [1.82, 2.24) is 0 Å². The van der Waals surface area contributed by atoms with Crippen LogP contribution >= 0.6 is 11.3 Å². The minimum Gasteiger partial charge on any atom is -0.314 e. The Morgan fingerprint density at radius 1 is 1.22 bits per heavy atom. The SMILES string of the molecule is CN1C(=O)C(C)(Cc2cccs2)c2ccccc21. The fraction of sp³-hybridized carbons (Fsp3) is 0.267. The van der Waals surface area contributed by atoms with E-state index in [0.29, 0.717) is 0 Å². The summed E-state index contributed by atoms with van der Waals surface area (Å²) >= 11 is 1.72. The van der Waals surface area contributed by atoms with E-state index in [-0.39, 0.29) is 5.91 Å². The van der Waals surface area contributed by atoms with Crippen LogP contribution in [0.2, 0.25) is 0 Å². The van der Waals surface area contributed by atoms with Gasteiger partial charge in [-0.05, 0) is 30.0 Å². The monoisotopic (exact) mass is 257 g/mol. The largest absolute Gasteiger partial charge is 0.314 e. The molecule has 2 nitrogen and oxygen atoms in total. The van der Waals surface area contributed by atoms with Crippen molar-refractivity contribution in [2.24, 2.45) is 0 Å². The van der Waals surface area contributed by atoms with Crippen LogP contribution in [0, 0.1) is 0 Å². The Balaban J connectivity index is 2.08. The summed E-state index contributed by atoms with van der Waals surface area (Å²) in [6, 6.07) is 12.2. The van der Waals surface area contributed by atoms with E-state index in [1.165, 1.54) is 4.88 Å². The van der Waals surface area contributed by atoms with Gasteiger partial charge < -0.3 is 4.90 Å². The van der Waals surface area contributed by atoms with Gasteiger partial charge in [0.05, 0.1) is 5.41 Å². The van der Waals surface area contributed by atoms with Crippen molar-refractivity contribution >= 4 is 22.9 Å². The standard InChI is InChI=1S/C15H15NOS/c1-15(10-11-6-5-9-18-11)12-7-3-4-8-13(12)16(2)14(15)17/h3-9H,10H2,1-2H3. The first-order valence-corrected chi connectivity index (χ1v) is 6.91. The van der Waals surface area contributed by atoms with Crippen molar-refractivity contribution in [3.63, 3.8) is 0 Å². The summed E-state index contributed by atoms with van der Waals surface area (Å²) in [7, 11) is 1.86. The molecule has 92 valence electrons. The fourth-order valence-electron chi connectivity index (χ4n) is 2.76. The maximum Gasteiger partial charge on any atom is 0.237 e. The maximum absolute atomic E-state index is 12.5. The molecule has 2 aromatic rings. The van der Waals surface area contributed by atoms with Crippen LogP contribution in [0.25, 0.3) is 0 Å². The third-order valence-corrected chi connectivity index (χ3v) is 4.62. The molecule has 0 aliphatic carbocycles. The van der Waals surface area contributed by atoms with Crippen molar-refractivity contribution in [1.29, 1.82) is 0 Å². The van der Waals surface area contributed by atoms with Crippen LogP contribution in [0.5, 0.6) is 0 Å². The topological polar surface area (TPSA) is 20.3 Å². The first kappa shape index (κ1) is 11.5. The maximum atomic E-state index is 12.5. The van der Waals surface area contributed by atoms with Gasteiger partial charge in [-0.3, -0.25) is 4.79 Å². The molecule has 3 heteroatoms. The molecule has 18 heavy (non-hydrogen) atoms. The van der Waals surface area contributed by atoms with Crippen molar-refractivity contribution in [3.05, 3.63) is 52.2 Å². The number of thiophene rings is 1. The lowest BCUT2D eigenvalue weighted by Gasteiger charge is -2.22. The van der Waals surface area contributed by atoms with Crippen LogP contribution < -0.4 is 4.90 Å². The number of benzene rings is 1. The van der Waals surface area contributed by atoms with Gasteiger partial charge in [-0.15, -0.1) is 11.3 Å². The molecule has 0 N–H and O–H groups in total. The minimum absolute atomic E-state index is 0.192. The van der Waals surface area contributed by atoms with E-state index in [2.05, 4.69) is 24.4 Å². The van der Waals surface area contributed by atoms with Gasteiger partial charge in [0.2, 0.25) is 5.91 Å². The Morgan fingerprint density at radius 3 is 2.72 bits per heavy atom. The van der Waals surface area contributed by atoms with Crippen LogP contribution in [-0.4, -0.2) is 13.0 Å². The number of hydrogen-bond donors (Lipinski definition) is 0. The Hall–Kier alpha value is -1.61. The van der Waals surface area contributed by atoms with E-state index in [9.17, 15) is 4.79 Å². The van der Waals surface area contributed by atoms with Crippen LogP contribution in [-0.2, 0) is 16.6 Å². The molecule has 0 bridgehead atoms. The van der Waals surface area contributed by atoms with Gasteiger partial charge in [-0.25, -0.2) is 0 Å². The summed E-state index contributed by atoms with van der Waals surface area (Å²) in [5.41, 5.74) is 1.77. The molecule has 0 saturated carbocycles. The second kappa shape index (κ2) is 3.95. The Morgan fingerprint density at radius 2 is 2.00 bits per heavy atom. The van der Waals surface area contributed by atoms with E-state index in [1.807, 2.05) is 31.3 Å². The van der Waals surface area contributed by atoms with Crippen molar-refractivity contribution < 1.29 is 4.79 Å². The lowest BCUT2D eigenvalue weighted by molar-refractivity contribution is -0.122. The number of likely N-dealkylation sites (N-methyl/N-ethyl adjacent to an activating group) is 1. The summed E-state index contributed by atoms with van der Waals surface area (Å²) in [6.07, 6.45) is 0.783. The molecule has 0 fully saturated rings. The molecule has 1 aliphatic heterocycles. The molecule has 1 aromatic carbocycles. The van der Waals surface area contributed by atoms with Gasteiger partial charge in [0.1, 0.15) is 0 Å². The van der Waals surface area contributed by atoms with Crippen LogP contribution in [0.4, 0.5) is 5.69 Å². The number of rotatable bonds is 2. The van der Waals surface area contributed by atoms with Gasteiger partial charge >= 0.3 is 0 Å². The first-order chi connectivity index (χ1) is 8.63. The number of amides is 1. The number of nitrogens with zero attached hydrogens (tertiary/aromatic N) is 1. The van der Waals surface area contributed by atoms with Crippen molar-refractivity contribution in [3.8, 4) is 0 Å². The number of anilines is 1. The van der Waals surface area contributed by atoms with Crippen LogP contribution in [0.1, 0.15) is 17.4 Å². The van der Waals surface area contributed by atoms with Gasteiger partial charge in [-0.1, -0.05) is 24.3 Å². The number of carbonyl (C=O) groups is 1. The summed E-state index contributed by atoms with van der Waals surface area (Å²) in [5, 5.41) is 2.06. The summed E-state index contributed by atoms with van der Waals surface area (Å²) < 4.78 is 0. The van der Waals surface area contributed by atoms with E-state index >= 15 is 0 Å². The Labute approximate surface area is 111 Å². The normalized spacial score (nSPS) is 22.3. The molecule has 1 unspecified atom stereocenters. The highest BCUT2D eigenvalue weighted by Crippen LogP contribution is 2.43. The zero-order valence-electron chi connectivity index (χ0n) is 10.5. The number of hydrogen-bond acceptors (Lipinski definition) is 2. The molecule has 1 atom stereocenters. The predicted molar refractivity (Wildman–Crippen MR) is 75.2 cm³/mol. The second-order valence-corrected chi connectivity index (χ2v) is 6.00. The second-order valence-electron chi connectivity index (χ2n) is 4.97. The minimum atomic E-state index is -0.420. The quantitative estimate of drug-likeness (QED) is 0.809. The number of para-hydroxylation sites is 1. The fourth-order valence-corrected chi connectivity index (χ4v) is 3.62. The summed E-state index contributed by atoms with van der Waals surface area (Å²) in [5.74, 6) is 0.192. The molecular formula is C15H15NOS. The van der Waals surface area contributed by atoms with Crippen molar-refractivity contribution in [2.75, 3.05) is 11.9 Å². The molecule has 3 rings (SSSR count). The first-order valence-electron chi connectivity index (χ1n) is 6.03. The Kier molecular flexibility index (Phi) is 2.52. The molecule has 0 saturated heterocycles. The lowest BCUT2D eigenvalue weighted by Crippen LogP contribution is -2.37. The molecular weight excluding hydrogens is 242 g/mol. The summed E-state index contributed by atoms with van der Waals surface area (Å²) in [4.78, 5) is 15.6. The molecule has 0 spiro atoms. The summed E-state index contributed by atoms with van der Waals surface area (Å²) in [6.45, 7) is 2.05. The zero-order valence-corrected chi connectivity index (χ0v) is 11.3.